The number of ketones is 1. The summed E-state index contributed by atoms with van der Waals surface area (Å²) in [7, 11) is 0. The average Bonchev–Trinajstić information content (AvgIpc) is 2.83. The van der Waals surface area contributed by atoms with Crippen LogP contribution in [0.4, 0.5) is 5.69 Å². The summed E-state index contributed by atoms with van der Waals surface area (Å²) in [6.45, 7) is 2.83. The molecule has 0 radical (unpaired) electrons. The summed E-state index contributed by atoms with van der Waals surface area (Å²) < 4.78 is 5.47. The second-order valence-electron chi connectivity index (χ2n) is 4.72. The number of ether oxygens (including phenoxy) is 1. The molecular weight excluding hydrogens is 242 g/mol. The van der Waals surface area contributed by atoms with Crippen LogP contribution in [0, 0.1) is 0 Å². The lowest BCUT2D eigenvalue weighted by Gasteiger charge is -2.16. The molecule has 1 aliphatic heterocycles. The molecule has 1 aliphatic rings. The van der Waals surface area contributed by atoms with Crippen LogP contribution in [-0.2, 0) is 9.59 Å². The molecular formula is C15H19NO3. The van der Waals surface area contributed by atoms with Crippen molar-refractivity contribution in [3.8, 4) is 5.75 Å². The number of anilines is 1. The van der Waals surface area contributed by atoms with E-state index in [2.05, 4.69) is 0 Å². The number of amides is 1. The number of carbonyl (C=O) groups is 2. The zero-order valence-corrected chi connectivity index (χ0v) is 11.2. The second kappa shape index (κ2) is 6.36. The number of hydrogen-bond donors (Lipinski definition) is 0. The van der Waals surface area contributed by atoms with Crippen LogP contribution in [0.1, 0.15) is 32.6 Å². The molecule has 0 saturated carbocycles. The van der Waals surface area contributed by atoms with Crippen molar-refractivity contribution in [2.45, 2.75) is 32.6 Å². The van der Waals surface area contributed by atoms with Gasteiger partial charge in [-0.1, -0.05) is 13.0 Å². The SMILES string of the molecule is CCCC(=O)COc1cccc(N2CCCC2=O)c1. The normalized spacial score (nSPS) is 14.8. The van der Waals surface area contributed by atoms with Gasteiger partial charge in [-0.3, -0.25) is 9.59 Å². The van der Waals surface area contributed by atoms with E-state index < -0.39 is 0 Å². The molecule has 4 heteroatoms. The van der Waals surface area contributed by atoms with Gasteiger partial charge in [0.15, 0.2) is 5.78 Å². The van der Waals surface area contributed by atoms with E-state index in [0.717, 1.165) is 25.1 Å². The minimum Gasteiger partial charge on any atom is -0.486 e. The maximum atomic E-state index is 11.7. The minimum absolute atomic E-state index is 0.102. The quantitative estimate of drug-likeness (QED) is 0.790. The predicted octanol–water partition coefficient (Wildman–Crippen LogP) is 2.56. The molecule has 4 nitrogen and oxygen atoms in total. The first-order chi connectivity index (χ1) is 9.20. The van der Waals surface area contributed by atoms with E-state index >= 15 is 0 Å². The lowest BCUT2D eigenvalue weighted by molar-refractivity contribution is -0.121. The lowest BCUT2D eigenvalue weighted by Crippen LogP contribution is -2.23. The highest BCUT2D eigenvalue weighted by molar-refractivity contribution is 5.95. The zero-order chi connectivity index (χ0) is 13.7. The van der Waals surface area contributed by atoms with Crippen LogP contribution in [0.25, 0.3) is 0 Å². The molecule has 1 fully saturated rings. The molecule has 0 aliphatic carbocycles. The molecule has 1 amide bonds. The van der Waals surface area contributed by atoms with Crippen molar-refractivity contribution in [3.63, 3.8) is 0 Å². The third-order valence-electron chi connectivity index (χ3n) is 3.13. The van der Waals surface area contributed by atoms with Crippen LogP contribution in [0.5, 0.6) is 5.75 Å². The summed E-state index contributed by atoms with van der Waals surface area (Å²) in [5, 5.41) is 0. The Morgan fingerprint density at radius 3 is 2.95 bits per heavy atom. The third-order valence-corrected chi connectivity index (χ3v) is 3.13. The maximum Gasteiger partial charge on any atom is 0.227 e. The first kappa shape index (κ1) is 13.6. The topological polar surface area (TPSA) is 46.6 Å². The van der Waals surface area contributed by atoms with E-state index in [0.29, 0.717) is 18.6 Å². The second-order valence-corrected chi connectivity index (χ2v) is 4.72. The zero-order valence-electron chi connectivity index (χ0n) is 11.2. The number of benzene rings is 1. The van der Waals surface area contributed by atoms with Gasteiger partial charge in [0.25, 0.3) is 0 Å². The van der Waals surface area contributed by atoms with E-state index in [4.69, 9.17) is 4.74 Å². The predicted molar refractivity (Wildman–Crippen MR) is 73.4 cm³/mol. The average molecular weight is 261 g/mol. The Morgan fingerprint density at radius 1 is 1.42 bits per heavy atom. The van der Waals surface area contributed by atoms with Gasteiger partial charge in [-0.05, 0) is 25.0 Å². The van der Waals surface area contributed by atoms with Crippen LogP contribution in [0.3, 0.4) is 0 Å². The Morgan fingerprint density at radius 2 is 2.26 bits per heavy atom. The van der Waals surface area contributed by atoms with Crippen LogP contribution in [-0.4, -0.2) is 24.8 Å². The Kier molecular flexibility index (Phi) is 4.55. The molecule has 0 N–H and O–H groups in total. The van der Waals surface area contributed by atoms with Gasteiger partial charge in [0.2, 0.25) is 5.91 Å². The van der Waals surface area contributed by atoms with Gasteiger partial charge in [-0.15, -0.1) is 0 Å². The fraction of sp³-hybridized carbons (Fsp3) is 0.467. The summed E-state index contributed by atoms with van der Waals surface area (Å²) in [6, 6.07) is 7.37. The molecule has 0 spiro atoms. The van der Waals surface area contributed by atoms with Crippen molar-refractivity contribution in [1.82, 2.24) is 0 Å². The molecule has 1 aromatic carbocycles. The minimum atomic E-state index is 0.102. The van der Waals surface area contributed by atoms with Crippen molar-refractivity contribution in [1.29, 1.82) is 0 Å². The Labute approximate surface area is 113 Å². The standard InChI is InChI=1S/C15H19NO3/c1-2-5-13(17)11-19-14-7-3-6-12(10-14)16-9-4-8-15(16)18/h3,6-7,10H,2,4-5,8-9,11H2,1H3. The van der Waals surface area contributed by atoms with Gasteiger partial charge in [-0.25, -0.2) is 0 Å². The number of carbonyl (C=O) groups excluding carboxylic acids is 2. The van der Waals surface area contributed by atoms with E-state index in [1.165, 1.54) is 0 Å². The molecule has 1 heterocycles. The van der Waals surface area contributed by atoms with Crippen LogP contribution in [0.2, 0.25) is 0 Å². The first-order valence-corrected chi connectivity index (χ1v) is 6.75. The van der Waals surface area contributed by atoms with Crippen molar-refractivity contribution >= 4 is 17.4 Å². The van der Waals surface area contributed by atoms with Crippen LogP contribution >= 0.6 is 0 Å². The van der Waals surface area contributed by atoms with Gasteiger partial charge < -0.3 is 9.64 Å². The van der Waals surface area contributed by atoms with Gasteiger partial charge >= 0.3 is 0 Å². The molecule has 102 valence electrons. The molecule has 0 bridgehead atoms. The summed E-state index contributed by atoms with van der Waals surface area (Å²) >= 11 is 0. The van der Waals surface area contributed by atoms with Crippen molar-refractivity contribution in [2.24, 2.45) is 0 Å². The molecule has 0 unspecified atom stereocenters. The lowest BCUT2D eigenvalue weighted by atomic mass is 10.2. The van der Waals surface area contributed by atoms with Gasteiger partial charge in [0.05, 0.1) is 0 Å². The summed E-state index contributed by atoms with van der Waals surface area (Å²) in [5.74, 6) is 0.894. The van der Waals surface area contributed by atoms with E-state index in [-0.39, 0.29) is 18.3 Å². The summed E-state index contributed by atoms with van der Waals surface area (Å²) in [5.41, 5.74) is 0.850. The van der Waals surface area contributed by atoms with E-state index in [9.17, 15) is 9.59 Å². The molecule has 2 rings (SSSR count). The van der Waals surface area contributed by atoms with Crippen molar-refractivity contribution in [3.05, 3.63) is 24.3 Å². The Balaban J connectivity index is 1.99. The van der Waals surface area contributed by atoms with Crippen LogP contribution in [0.15, 0.2) is 24.3 Å². The molecule has 1 saturated heterocycles. The highest BCUT2D eigenvalue weighted by Gasteiger charge is 2.21. The highest BCUT2D eigenvalue weighted by atomic mass is 16.5. The largest absolute Gasteiger partial charge is 0.486 e. The van der Waals surface area contributed by atoms with Gasteiger partial charge in [0.1, 0.15) is 12.4 Å². The summed E-state index contributed by atoms with van der Waals surface area (Å²) in [6.07, 6.45) is 2.90. The smallest absolute Gasteiger partial charge is 0.227 e. The summed E-state index contributed by atoms with van der Waals surface area (Å²) in [4.78, 5) is 24.9. The van der Waals surface area contributed by atoms with Gasteiger partial charge in [-0.2, -0.15) is 0 Å². The Hall–Kier alpha value is -1.84. The van der Waals surface area contributed by atoms with Crippen LogP contribution < -0.4 is 9.64 Å². The molecule has 0 aromatic heterocycles. The first-order valence-electron chi connectivity index (χ1n) is 6.75. The monoisotopic (exact) mass is 261 g/mol. The van der Waals surface area contributed by atoms with Crippen molar-refractivity contribution < 1.29 is 14.3 Å². The molecule has 1 aromatic rings. The fourth-order valence-corrected chi connectivity index (χ4v) is 2.18. The third kappa shape index (κ3) is 3.56. The van der Waals surface area contributed by atoms with Gasteiger partial charge in [0, 0.05) is 31.1 Å². The Bertz CT molecular complexity index is 470. The van der Waals surface area contributed by atoms with Crippen molar-refractivity contribution in [2.75, 3.05) is 18.1 Å². The molecule has 19 heavy (non-hydrogen) atoms. The van der Waals surface area contributed by atoms with E-state index in [1.54, 1.807) is 4.90 Å². The highest BCUT2D eigenvalue weighted by Crippen LogP contribution is 2.25. The van der Waals surface area contributed by atoms with E-state index in [1.807, 2.05) is 31.2 Å². The number of rotatable bonds is 6. The number of Topliss-reactive ketones (excluding diaryl/α,β-unsaturated/α-hetero) is 1. The number of nitrogens with zero attached hydrogens (tertiary/aromatic N) is 1. The fourth-order valence-electron chi connectivity index (χ4n) is 2.18. The molecule has 0 atom stereocenters. The maximum absolute atomic E-state index is 11.7. The number of hydrogen-bond acceptors (Lipinski definition) is 3.